The minimum Gasteiger partial charge on any atom is -0.497 e. The Balaban J connectivity index is 1.33. The van der Waals surface area contributed by atoms with Crippen LogP contribution in [0, 0.1) is 16.7 Å². The maximum atomic E-state index is 9.41. The molecule has 0 bridgehead atoms. The highest BCUT2D eigenvalue weighted by Crippen LogP contribution is 2.31. The number of hydrogen-bond donors (Lipinski definition) is 0. The van der Waals surface area contributed by atoms with Gasteiger partial charge in [0.2, 0.25) is 0 Å². The molecule has 4 heterocycles. The predicted octanol–water partition coefficient (Wildman–Crippen LogP) is 5.54. The molecule has 4 aromatic rings. The fourth-order valence-corrected chi connectivity index (χ4v) is 4.32. The van der Waals surface area contributed by atoms with Gasteiger partial charge in [0.05, 0.1) is 41.7 Å². The molecule has 38 heavy (non-hydrogen) atoms. The molecule has 1 aliphatic heterocycles. The van der Waals surface area contributed by atoms with E-state index < -0.39 is 5.41 Å². The van der Waals surface area contributed by atoms with Crippen LogP contribution in [0.5, 0.6) is 5.75 Å². The molecular formula is C30H29N7O. The standard InChI is InChI=1S/C30H29N7O/c1-30(2,20-31)24-9-11-37(12-10-24)25-14-28(35-34-18-25)23-13-22-17-33-29(15-27(22)32-16-23)36(3)19-21-5-7-26(38-4)8-6-21/h5-11,13-18H,12,19H2,1-4H3. The third-order valence-electron chi connectivity index (χ3n) is 6.73. The van der Waals surface area contributed by atoms with Crippen molar-refractivity contribution in [2.45, 2.75) is 20.4 Å². The highest BCUT2D eigenvalue weighted by atomic mass is 16.5. The number of anilines is 2. The molecule has 1 aromatic carbocycles. The average Bonchev–Trinajstić information content (AvgIpc) is 2.97. The molecule has 8 heteroatoms. The molecule has 0 saturated heterocycles. The fourth-order valence-electron chi connectivity index (χ4n) is 4.32. The molecule has 1 aliphatic rings. The van der Waals surface area contributed by atoms with E-state index in [1.165, 1.54) is 5.56 Å². The Morgan fingerprint density at radius 3 is 2.61 bits per heavy atom. The highest BCUT2D eigenvalue weighted by molar-refractivity contribution is 5.84. The van der Waals surface area contributed by atoms with Crippen LogP contribution in [0.2, 0.25) is 0 Å². The van der Waals surface area contributed by atoms with Crippen LogP contribution in [0.4, 0.5) is 11.5 Å². The van der Waals surface area contributed by atoms with Crippen molar-refractivity contribution in [3.63, 3.8) is 0 Å². The van der Waals surface area contributed by atoms with Crippen molar-refractivity contribution in [1.82, 2.24) is 20.2 Å². The second-order valence-electron chi connectivity index (χ2n) is 9.83. The first kappa shape index (κ1) is 24.9. The molecule has 0 spiro atoms. The number of pyridine rings is 2. The number of allylic oxidation sites excluding steroid dienone is 2. The van der Waals surface area contributed by atoms with Crippen LogP contribution in [-0.2, 0) is 6.54 Å². The Labute approximate surface area is 222 Å². The summed E-state index contributed by atoms with van der Waals surface area (Å²) in [6.45, 7) is 5.23. The van der Waals surface area contributed by atoms with Crippen molar-refractivity contribution in [2.75, 3.05) is 30.5 Å². The summed E-state index contributed by atoms with van der Waals surface area (Å²) in [5.41, 5.74) is 5.05. The van der Waals surface area contributed by atoms with Crippen molar-refractivity contribution >= 4 is 22.4 Å². The minimum absolute atomic E-state index is 0.514. The van der Waals surface area contributed by atoms with Crippen LogP contribution in [-0.4, -0.2) is 40.9 Å². The molecule has 190 valence electrons. The largest absolute Gasteiger partial charge is 0.497 e. The molecule has 0 radical (unpaired) electrons. The topological polar surface area (TPSA) is 91.1 Å². The monoisotopic (exact) mass is 503 g/mol. The molecule has 0 N–H and O–H groups in total. The van der Waals surface area contributed by atoms with Crippen LogP contribution < -0.4 is 14.5 Å². The van der Waals surface area contributed by atoms with Crippen LogP contribution in [0.3, 0.4) is 0 Å². The van der Waals surface area contributed by atoms with Crippen molar-refractivity contribution in [1.29, 1.82) is 5.26 Å². The molecule has 5 rings (SSSR count). The van der Waals surface area contributed by atoms with E-state index >= 15 is 0 Å². The molecule has 0 atom stereocenters. The molecule has 8 nitrogen and oxygen atoms in total. The van der Waals surface area contributed by atoms with E-state index in [9.17, 15) is 5.26 Å². The van der Waals surface area contributed by atoms with Gasteiger partial charge < -0.3 is 14.5 Å². The van der Waals surface area contributed by atoms with Crippen molar-refractivity contribution in [3.8, 4) is 23.1 Å². The maximum Gasteiger partial charge on any atom is 0.130 e. The summed E-state index contributed by atoms with van der Waals surface area (Å²) in [6.07, 6.45) is 11.5. The predicted molar refractivity (Wildman–Crippen MR) is 150 cm³/mol. The number of nitriles is 1. The number of fused-ring (bicyclic) bond motifs is 1. The second-order valence-corrected chi connectivity index (χ2v) is 9.83. The van der Waals surface area contributed by atoms with Crippen molar-refractivity contribution < 1.29 is 4.74 Å². The third kappa shape index (κ3) is 5.18. The quantitative estimate of drug-likeness (QED) is 0.325. The first-order valence-electron chi connectivity index (χ1n) is 12.4. The van der Waals surface area contributed by atoms with Crippen LogP contribution in [0.25, 0.3) is 22.2 Å². The normalized spacial score (nSPS) is 13.2. The summed E-state index contributed by atoms with van der Waals surface area (Å²) in [7, 11) is 3.68. The van der Waals surface area contributed by atoms with Gasteiger partial charge in [-0.3, -0.25) is 4.98 Å². The van der Waals surface area contributed by atoms with Crippen molar-refractivity contribution in [3.05, 3.63) is 90.5 Å². The molecule has 0 fully saturated rings. The lowest BCUT2D eigenvalue weighted by Gasteiger charge is -2.26. The molecule has 3 aromatic heterocycles. The zero-order valence-corrected chi connectivity index (χ0v) is 22.0. The summed E-state index contributed by atoms with van der Waals surface area (Å²) >= 11 is 0. The van der Waals surface area contributed by atoms with E-state index in [2.05, 4.69) is 49.3 Å². The van der Waals surface area contributed by atoms with E-state index in [0.29, 0.717) is 6.54 Å². The highest BCUT2D eigenvalue weighted by Gasteiger charge is 2.23. The third-order valence-corrected chi connectivity index (χ3v) is 6.73. The Bertz CT molecular complexity index is 1570. The summed E-state index contributed by atoms with van der Waals surface area (Å²) in [6, 6.07) is 16.4. The van der Waals surface area contributed by atoms with E-state index in [1.807, 2.05) is 75.9 Å². The van der Waals surface area contributed by atoms with Gasteiger partial charge in [0, 0.05) is 55.7 Å². The summed E-state index contributed by atoms with van der Waals surface area (Å²) < 4.78 is 5.24. The molecule has 0 amide bonds. The zero-order valence-electron chi connectivity index (χ0n) is 22.0. The summed E-state index contributed by atoms with van der Waals surface area (Å²) in [5.74, 6) is 1.69. The van der Waals surface area contributed by atoms with Gasteiger partial charge in [0.15, 0.2) is 0 Å². The van der Waals surface area contributed by atoms with E-state index in [-0.39, 0.29) is 0 Å². The van der Waals surface area contributed by atoms with Crippen molar-refractivity contribution in [2.24, 2.45) is 5.41 Å². The molecule has 0 unspecified atom stereocenters. The van der Waals surface area contributed by atoms with Crippen LogP contribution in [0.1, 0.15) is 19.4 Å². The van der Waals surface area contributed by atoms with Gasteiger partial charge in [-0.05, 0) is 55.3 Å². The second kappa shape index (κ2) is 10.3. The number of rotatable bonds is 7. The van der Waals surface area contributed by atoms with Gasteiger partial charge in [0.1, 0.15) is 11.6 Å². The lowest BCUT2D eigenvalue weighted by Crippen LogP contribution is -2.23. The minimum atomic E-state index is -0.514. The Morgan fingerprint density at radius 1 is 1.08 bits per heavy atom. The number of ether oxygens (including phenoxy) is 1. The first-order valence-corrected chi connectivity index (χ1v) is 12.4. The lowest BCUT2D eigenvalue weighted by atomic mass is 9.84. The Hall–Kier alpha value is -4.77. The SMILES string of the molecule is COc1ccc(CN(C)c2cc3ncc(-c4cc(N5C=CC(C(C)(C)C#N)=CC5)cnn4)cc3cn2)cc1. The number of benzene rings is 1. The number of methoxy groups -OCH3 is 1. The summed E-state index contributed by atoms with van der Waals surface area (Å²) in [5, 5.41) is 18.9. The number of nitrogens with zero attached hydrogens (tertiary/aromatic N) is 7. The van der Waals surface area contributed by atoms with E-state index in [1.54, 1.807) is 13.3 Å². The zero-order chi connectivity index (χ0) is 26.7. The number of hydrogen-bond acceptors (Lipinski definition) is 8. The summed E-state index contributed by atoms with van der Waals surface area (Å²) in [4.78, 5) is 13.5. The van der Waals surface area contributed by atoms with Gasteiger partial charge in [-0.15, -0.1) is 0 Å². The number of aromatic nitrogens is 4. The average molecular weight is 504 g/mol. The van der Waals surface area contributed by atoms with E-state index in [0.717, 1.165) is 51.5 Å². The maximum absolute atomic E-state index is 9.41. The smallest absolute Gasteiger partial charge is 0.130 e. The lowest BCUT2D eigenvalue weighted by molar-refractivity contribution is 0.414. The van der Waals surface area contributed by atoms with E-state index in [4.69, 9.17) is 9.72 Å². The molecule has 0 saturated carbocycles. The molecular weight excluding hydrogens is 474 g/mol. The first-order chi connectivity index (χ1) is 18.4. The van der Waals surface area contributed by atoms with Gasteiger partial charge in [0.25, 0.3) is 0 Å². The van der Waals surface area contributed by atoms with Gasteiger partial charge in [-0.25, -0.2) is 4.98 Å². The fraction of sp³-hybridized carbons (Fsp3) is 0.233. The van der Waals surface area contributed by atoms with Crippen LogP contribution >= 0.6 is 0 Å². The Morgan fingerprint density at radius 2 is 1.89 bits per heavy atom. The molecule has 0 aliphatic carbocycles. The van der Waals surface area contributed by atoms with Gasteiger partial charge in [-0.1, -0.05) is 18.2 Å². The Kier molecular flexibility index (Phi) is 6.75. The van der Waals surface area contributed by atoms with Crippen LogP contribution in [0.15, 0.2) is 85.0 Å². The van der Waals surface area contributed by atoms with Gasteiger partial charge >= 0.3 is 0 Å². The van der Waals surface area contributed by atoms with Gasteiger partial charge in [-0.2, -0.15) is 15.5 Å².